The molecule has 124 valence electrons. The number of hydrogen-bond donors (Lipinski definition) is 1. The number of carbonyl (C=O) groups excluding carboxylic acids is 1. The number of halogens is 5. The summed E-state index contributed by atoms with van der Waals surface area (Å²) < 4.78 is 67.6. The van der Waals surface area contributed by atoms with E-state index in [1.165, 1.54) is 0 Å². The number of amides is 1. The largest absolute Gasteiger partial charge is 0.434 e. The number of hydrogen-bond acceptors (Lipinski definition) is 2. The van der Waals surface area contributed by atoms with Gasteiger partial charge in [-0.1, -0.05) is 6.07 Å². The van der Waals surface area contributed by atoms with Crippen molar-refractivity contribution in [3.05, 3.63) is 47.5 Å². The second-order valence-corrected chi connectivity index (χ2v) is 5.01. The van der Waals surface area contributed by atoms with E-state index in [0.717, 1.165) is 18.2 Å². The minimum absolute atomic E-state index is 0.194. The average Bonchev–Trinajstić information content (AvgIpc) is 2.82. The van der Waals surface area contributed by atoms with Crippen molar-refractivity contribution in [2.24, 2.45) is 0 Å². The van der Waals surface area contributed by atoms with Gasteiger partial charge in [-0.15, -0.1) is 0 Å². The van der Waals surface area contributed by atoms with Gasteiger partial charge in [-0.3, -0.25) is 9.36 Å². The van der Waals surface area contributed by atoms with Gasteiger partial charge in [0.05, 0.1) is 0 Å². The van der Waals surface area contributed by atoms with Gasteiger partial charge in [-0.25, -0.2) is 13.8 Å². The molecule has 0 unspecified atom stereocenters. The molecule has 0 atom stereocenters. The van der Waals surface area contributed by atoms with Gasteiger partial charge in [-0.2, -0.15) is 13.2 Å². The van der Waals surface area contributed by atoms with E-state index in [0.29, 0.717) is 6.33 Å². The summed E-state index contributed by atoms with van der Waals surface area (Å²) >= 11 is 0. The predicted molar refractivity (Wildman–Crippen MR) is 71.1 cm³/mol. The SMILES string of the molecule is CC(C)NC(=O)c1ncn(-c2c(F)cccc2F)c1C(F)(F)F. The average molecular weight is 333 g/mol. The van der Waals surface area contributed by atoms with Gasteiger partial charge in [0, 0.05) is 6.04 Å². The molecule has 0 radical (unpaired) electrons. The molecule has 0 saturated carbocycles. The number of aromatic nitrogens is 2. The van der Waals surface area contributed by atoms with E-state index in [9.17, 15) is 26.7 Å². The van der Waals surface area contributed by atoms with Crippen LogP contribution in [0.15, 0.2) is 24.5 Å². The number of nitrogens with one attached hydrogen (secondary N) is 1. The Kier molecular flexibility index (Phi) is 4.39. The summed E-state index contributed by atoms with van der Waals surface area (Å²) in [6.45, 7) is 3.11. The Morgan fingerprint density at radius 2 is 1.78 bits per heavy atom. The van der Waals surface area contributed by atoms with Gasteiger partial charge in [0.15, 0.2) is 11.4 Å². The zero-order valence-corrected chi connectivity index (χ0v) is 12.1. The maximum atomic E-state index is 13.8. The standard InChI is InChI=1S/C14H12F5N3O/c1-7(2)21-13(23)10-12(14(17,18)19)22(6-20-10)11-8(15)4-3-5-9(11)16/h3-7H,1-2H3,(H,21,23). The van der Waals surface area contributed by atoms with E-state index in [2.05, 4.69) is 10.3 Å². The van der Waals surface area contributed by atoms with Crippen molar-refractivity contribution in [3.8, 4) is 5.69 Å². The van der Waals surface area contributed by atoms with Gasteiger partial charge >= 0.3 is 6.18 Å². The molecule has 0 aliphatic carbocycles. The second-order valence-electron chi connectivity index (χ2n) is 5.01. The highest BCUT2D eigenvalue weighted by atomic mass is 19.4. The monoisotopic (exact) mass is 333 g/mol. The second kappa shape index (κ2) is 5.98. The fourth-order valence-corrected chi connectivity index (χ4v) is 2.00. The summed E-state index contributed by atoms with van der Waals surface area (Å²) in [6, 6.07) is 2.21. The number of nitrogens with zero attached hydrogens (tertiary/aromatic N) is 2. The van der Waals surface area contributed by atoms with E-state index in [1.54, 1.807) is 13.8 Å². The molecule has 9 heteroatoms. The van der Waals surface area contributed by atoms with Gasteiger partial charge in [0.2, 0.25) is 0 Å². The lowest BCUT2D eigenvalue weighted by Gasteiger charge is -2.14. The summed E-state index contributed by atoms with van der Waals surface area (Å²) in [5.41, 5.74) is -3.44. The number of rotatable bonds is 3. The normalized spacial score (nSPS) is 11.8. The molecular weight excluding hydrogens is 321 g/mol. The van der Waals surface area contributed by atoms with E-state index < -0.39 is 46.8 Å². The molecule has 0 saturated heterocycles. The molecule has 2 aromatic rings. The molecule has 0 spiro atoms. The maximum Gasteiger partial charge on any atom is 0.434 e. The quantitative estimate of drug-likeness (QED) is 0.876. The van der Waals surface area contributed by atoms with Crippen molar-refractivity contribution in [2.45, 2.75) is 26.1 Å². The maximum absolute atomic E-state index is 13.8. The van der Waals surface area contributed by atoms with Crippen LogP contribution in [-0.4, -0.2) is 21.5 Å². The lowest BCUT2D eigenvalue weighted by Crippen LogP contribution is -2.32. The molecule has 23 heavy (non-hydrogen) atoms. The molecule has 1 aromatic heterocycles. The molecule has 4 nitrogen and oxygen atoms in total. The molecule has 0 aliphatic rings. The van der Waals surface area contributed by atoms with E-state index in [-0.39, 0.29) is 4.57 Å². The fraction of sp³-hybridized carbons (Fsp3) is 0.286. The Labute approximate surface area is 127 Å². The first-order valence-electron chi connectivity index (χ1n) is 6.52. The summed E-state index contributed by atoms with van der Waals surface area (Å²) in [6.07, 6.45) is -4.46. The Bertz CT molecular complexity index is 716. The number of para-hydroxylation sites is 1. The van der Waals surface area contributed by atoms with Crippen LogP contribution in [0.4, 0.5) is 22.0 Å². The highest BCUT2D eigenvalue weighted by molar-refractivity contribution is 5.94. The van der Waals surface area contributed by atoms with Crippen LogP contribution in [-0.2, 0) is 6.18 Å². The minimum Gasteiger partial charge on any atom is -0.348 e. The van der Waals surface area contributed by atoms with Crippen molar-refractivity contribution in [2.75, 3.05) is 0 Å². The predicted octanol–water partition coefficient (Wildman–Crippen LogP) is 3.31. The molecule has 1 N–H and O–H groups in total. The highest BCUT2D eigenvalue weighted by Gasteiger charge is 2.41. The molecule has 1 amide bonds. The zero-order chi connectivity index (χ0) is 17.4. The van der Waals surface area contributed by atoms with Crippen LogP contribution in [0.2, 0.25) is 0 Å². The molecule has 2 rings (SSSR count). The minimum atomic E-state index is -5.03. The van der Waals surface area contributed by atoms with E-state index in [1.807, 2.05) is 0 Å². The first-order valence-corrected chi connectivity index (χ1v) is 6.52. The van der Waals surface area contributed by atoms with Crippen LogP contribution in [0.3, 0.4) is 0 Å². The number of alkyl halides is 3. The molecular formula is C14H12F5N3O. The molecule has 0 aliphatic heterocycles. The number of imidazole rings is 1. The van der Waals surface area contributed by atoms with Crippen molar-refractivity contribution in [1.82, 2.24) is 14.9 Å². The molecule has 0 fully saturated rings. The third-order valence-corrected chi connectivity index (χ3v) is 2.85. The Balaban J connectivity index is 2.67. The molecule has 1 aromatic carbocycles. The Hall–Kier alpha value is -2.45. The number of carbonyl (C=O) groups is 1. The first kappa shape index (κ1) is 16.9. The van der Waals surface area contributed by atoms with Crippen LogP contribution in [0.5, 0.6) is 0 Å². The fourth-order valence-electron chi connectivity index (χ4n) is 2.00. The van der Waals surface area contributed by atoms with Crippen LogP contribution in [0.25, 0.3) is 5.69 Å². The van der Waals surface area contributed by atoms with Crippen molar-refractivity contribution in [3.63, 3.8) is 0 Å². The lowest BCUT2D eigenvalue weighted by atomic mass is 10.2. The molecule has 1 heterocycles. The molecule has 0 bridgehead atoms. The first-order chi connectivity index (χ1) is 10.6. The lowest BCUT2D eigenvalue weighted by molar-refractivity contribution is -0.142. The van der Waals surface area contributed by atoms with Crippen molar-refractivity contribution in [1.29, 1.82) is 0 Å². The van der Waals surface area contributed by atoms with Crippen LogP contribution < -0.4 is 5.32 Å². The van der Waals surface area contributed by atoms with E-state index in [4.69, 9.17) is 0 Å². The Morgan fingerprint density at radius 1 is 1.22 bits per heavy atom. The highest BCUT2D eigenvalue weighted by Crippen LogP contribution is 2.34. The van der Waals surface area contributed by atoms with Crippen LogP contribution in [0, 0.1) is 11.6 Å². The Morgan fingerprint density at radius 3 is 2.26 bits per heavy atom. The zero-order valence-electron chi connectivity index (χ0n) is 12.1. The summed E-state index contributed by atoms with van der Waals surface area (Å²) in [5, 5.41) is 2.26. The van der Waals surface area contributed by atoms with Gasteiger partial charge < -0.3 is 5.32 Å². The summed E-state index contributed by atoms with van der Waals surface area (Å²) in [4.78, 5) is 15.3. The topological polar surface area (TPSA) is 46.9 Å². The summed E-state index contributed by atoms with van der Waals surface area (Å²) in [5.74, 6) is -3.49. The third kappa shape index (κ3) is 3.33. The van der Waals surface area contributed by atoms with Crippen molar-refractivity contribution < 1.29 is 26.7 Å². The summed E-state index contributed by atoms with van der Waals surface area (Å²) in [7, 11) is 0. The van der Waals surface area contributed by atoms with Crippen molar-refractivity contribution >= 4 is 5.91 Å². The smallest absolute Gasteiger partial charge is 0.348 e. The van der Waals surface area contributed by atoms with Crippen LogP contribution >= 0.6 is 0 Å². The number of benzene rings is 1. The third-order valence-electron chi connectivity index (χ3n) is 2.85. The van der Waals surface area contributed by atoms with Gasteiger partial charge in [-0.05, 0) is 26.0 Å². The van der Waals surface area contributed by atoms with Crippen LogP contribution in [0.1, 0.15) is 30.0 Å². The van der Waals surface area contributed by atoms with E-state index >= 15 is 0 Å². The van der Waals surface area contributed by atoms with Gasteiger partial charge in [0.25, 0.3) is 5.91 Å². The van der Waals surface area contributed by atoms with Gasteiger partial charge in [0.1, 0.15) is 23.6 Å².